The third-order valence-corrected chi connectivity index (χ3v) is 11.0. The molecule has 1 aliphatic heterocycles. The van der Waals surface area contributed by atoms with Gasteiger partial charge in [-0.2, -0.15) is 0 Å². The average molecular weight is 989 g/mol. The molecule has 0 aliphatic carbocycles. The number of cyclic esters (lactones) is 1. The summed E-state index contributed by atoms with van der Waals surface area (Å²) in [5.41, 5.74) is 14.7. The van der Waals surface area contributed by atoms with E-state index in [0.29, 0.717) is 12.8 Å². The van der Waals surface area contributed by atoms with Gasteiger partial charge in [-0.05, 0) is 27.2 Å². The molecule has 1 rings (SSSR count). The highest BCUT2D eigenvalue weighted by Gasteiger charge is 2.45. The maximum absolute atomic E-state index is 13.8. The van der Waals surface area contributed by atoms with Crippen LogP contribution in [0.4, 0.5) is 0 Å². The number of esters is 1. The van der Waals surface area contributed by atoms with Crippen molar-refractivity contribution < 1.29 is 83.0 Å². The molecule has 0 radical (unpaired) electrons. The fraction of sp³-hybridized carbons (Fsp3) is 0.738. The molecule has 0 bridgehead atoms. The van der Waals surface area contributed by atoms with Gasteiger partial charge >= 0.3 is 11.9 Å². The van der Waals surface area contributed by atoms with Gasteiger partial charge in [0.1, 0.15) is 47.9 Å². The van der Waals surface area contributed by atoms with Gasteiger partial charge in [0.25, 0.3) is 0 Å². The van der Waals surface area contributed by atoms with E-state index >= 15 is 0 Å². The van der Waals surface area contributed by atoms with Crippen molar-refractivity contribution in [3.63, 3.8) is 0 Å². The molecule has 1 aliphatic rings. The Morgan fingerprint density at radius 1 is 0.609 bits per heavy atom. The van der Waals surface area contributed by atoms with Crippen LogP contribution in [0.15, 0.2) is 0 Å². The van der Waals surface area contributed by atoms with E-state index in [9.17, 15) is 78.3 Å². The molecule has 0 aromatic carbocycles. The molecular formula is C42H72N10O17. The summed E-state index contributed by atoms with van der Waals surface area (Å²) in [4.78, 5) is 144. The number of ether oxygens (including phenoxy) is 1. The number of carbonyl (C=O) groups is 11. The van der Waals surface area contributed by atoms with Gasteiger partial charge in [0, 0.05) is 0 Å². The minimum absolute atomic E-state index is 0.129. The van der Waals surface area contributed by atoms with E-state index in [1.165, 1.54) is 6.92 Å². The van der Waals surface area contributed by atoms with Crippen molar-refractivity contribution >= 4 is 65.1 Å². The summed E-state index contributed by atoms with van der Waals surface area (Å²) in [6, 6.07) is -15.8. The quantitative estimate of drug-likeness (QED) is 0.0376. The molecule has 1 saturated heterocycles. The van der Waals surface area contributed by atoms with E-state index in [0.717, 1.165) is 65.2 Å². The highest BCUT2D eigenvalue weighted by molar-refractivity contribution is 6.00. The first-order valence-corrected chi connectivity index (χ1v) is 22.8. The van der Waals surface area contributed by atoms with E-state index in [2.05, 4.69) is 28.2 Å². The molecule has 69 heavy (non-hydrogen) atoms. The number of unbranched alkanes of at least 4 members (excludes halogenated alkanes) is 9. The van der Waals surface area contributed by atoms with E-state index < -0.39 is 164 Å². The van der Waals surface area contributed by atoms with Crippen LogP contribution in [0, 0.1) is 0 Å². The Kier molecular flexibility index (Phi) is 26.9. The molecule has 0 aromatic rings. The molecule has 27 nitrogen and oxygen atoms in total. The monoisotopic (exact) mass is 989 g/mol. The maximum atomic E-state index is 13.8. The Hall–Kier alpha value is -6.03. The number of hydrogen-bond acceptors (Lipinski definition) is 17. The van der Waals surface area contributed by atoms with Gasteiger partial charge in [0.05, 0.1) is 38.6 Å². The molecule has 0 aromatic heterocycles. The Balaban J connectivity index is 3.79. The van der Waals surface area contributed by atoms with Crippen LogP contribution in [0.3, 0.4) is 0 Å². The molecule has 27 heteroatoms. The van der Waals surface area contributed by atoms with Crippen molar-refractivity contribution in [3.05, 3.63) is 0 Å². The average Bonchev–Trinajstić information content (AvgIpc) is 3.26. The molecule has 1 heterocycles. The molecule has 9 amide bonds. The summed E-state index contributed by atoms with van der Waals surface area (Å²) in [6.07, 6.45) is 2.05. The van der Waals surface area contributed by atoms with Crippen molar-refractivity contribution in [3.8, 4) is 0 Å². The van der Waals surface area contributed by atoms with Crippen LogP contribution < -0.4 is 54.4 Å². The number of primary amides is 2. The highest BCUT2D eigenvalue weighted by atomic mass is 16.6. The normalized spacial score (nSPS) is 26.7. The summed E-state index contributed by atoms with van der Waals surface area (Å²) in [5.74, 6) is -15.0. The van der Waals surface area contributed by atoms with Crippen molar-refractivity contribution in [2.24, 2.45) is 17.2 Å². The fourth-order valence-corrected chi connectivity index (χ4v) is 7.02. The second kappa shape index (κ2) is 30.5. The smallest absolute Gasteiger partial charge is 0.331 e. The number of rotatable bonds is 21. The summed E-state index contributed by atoms with van der Waals surface area (Å²) >= 11 is 0. The van der Waals surface area contributed by atoms with Gasteiger partial charge in [-0.1, -0.05) is 71.1 Å². The molecule has 18 N–H and O–H groups in total. The zero-order chi connectivity index (χ0) is 52.6. The van der Waals surface area contributed by atoms with Gasteiger partial charge in [-0.3, -0.25) is 47.9 Å². The topological polar surface area (TPSA) is 460 Å². The second-order valence-electron chi connectivity index (χ2n) is 17.2. The summed E-state index contributed by atoms with van der Waals surface area (Å²) in [6.45, 7) is 3.04. The summed E-state index contributed by atoms with van der Waals surface area (Å²) < 4.78 is 5.56. The maximum Gasteiger partial charge on any atom is 0.331 e. The SMILES string of the molecule is CCCCCCCCCCCCC(C)(O)C1OC(=O)C([C@@H](C)O)NC(=O)[C@H](CO)NC(=O)C(CC(N)=O)NC(=O)C(CC(N)=O)NC(=O)[C@H](CC(=O)O)NC(=O)[C@@H](C)NC(=O)[C@H](CO)NC(=O)[C@H]1N. The summed E-state index contributed by atoms with van der Waals surface area (Å²) in [7, 11) is 0. The molecule has 5 unspecified atom stereocenters. The first-order chi connectivity index (χ1) is 32.3. The number of hydrogen-bond donors (Lipinski definition) is 15. The minimum Gasteiger partial charge on any atom is -0.481 e. The first kappa shape index (κ1) is 61.0. The number of carboxylic acids is 1. The lowest BCUT2D eigenvalue weighted by atomic mass is 9.87. The lowest BCUT2D eigenvalue weighted by Crippen LogP contribution is -2.64. The number of amides is 9. The lowest BCUT2D eigenvalue weighted by Gasteiger charge is -2.37. The van der Waals surface area contributed by atoms with E-state index in [4.69, 9.17) is 21.9 Å². The third kappa shape index (κ3) is 21.9. The van der Waals surface area contributed by atoms with E-state index in [1.807, 2.05) is 16.0 Å². The van der Waals surface area contributed by atoms with Crippen LogP contribution in [0.1, 0.15) is 118 Å². The van der Waals surface area contributed by atoms with Crippen LogP contribution in [0.25, 0.3) is 0 Å². The second-order valence-corrected chi connectivity index (χ2v) is 17.2. The number of carboxylic acid groups (broad SMARTS) is 1. The Morgan fingerprint density at radius 3 is 1.41 bits per heavy atom. The minimum atomic E-state index is -2.14. The van der Waals surface area contributed by atoms with Gasteiger partial charge in [-0.25, -0.2) is 4.79 Å². The van der Waals surface area contributed by atoms with Crippen LogP contribution in [0.2, 0.25) is 0 Å². The zero-order valence-electron chi connectivity index (χ0n) is 39.5. The molecule has 0 spiro atoms. The molecule has 392 valence electrons. The van der Waals surface area contributed by atoms with Gasteiger partial charge in [-0.15, -0.1) is 0 Å². The predicted molar refractivity (Wildman–Crippen MR) is 240 cm³/mol. The number of aliphatic carboxylic acids is 1. The number of aliphatic hydroxyl groups excluding tert-OH is 3. The van der Waals surface area contributed by atoms with Crippen LogP contribution in [0.5, 0.6) is 0 Å². The lowest BCUT2D eigenvalue weighted by molar-refractivity contribution is -0.174. The van der Waals surface area contributed by atoms with Crippen molar-refractivity contribution in [1.29, 1.82) is 0 Å². The number of carbonyl (C=O) groups excluding carboxylic acids is 10. The Bertz CT molecular complexity index is 1800. The number of aliphatic hydroxyl groups is 4. The Labute approximate surface area is 398 Å². The first-order valence-electron chi connectivity index (χ1n) is 22.8. The van der Waals surface area contributed by atoms with Gasteiger partial charge < -0.3 is 84.7 Å². The Morgan fingerprint density at radius 2 is 0.986 bits per heavy atom. The van der Waals surface area contributed by atoms with Crippen LogP contribution in [-0.4, -0.2) is 170 Å². The molecule has 1 fully saturated rings. The predicted octanol–water partition coefficient (Wildman–Crippen LogP) is -5.69. The standard InChI is InChI=1S/C42H72N10O17/c1-5-6-7-8-9-10-11-12-13-14-15-42(4,68)33-31(45)40(66)51-26(19-53)38(64)46-21(2)34(60)47-25(18-30(58)59)37(63)49-23(16-28(43)56)35(61)48-24(17-29(44)57)36(62)50-27(20-54)39(65)52-32(22(3)55)41(67)69-33/h21-27,31-33,53-55,68H,5-20,45H2,1-4H3,(H2,43,56)(H2,44,57)(H,46,64)(H,47,60)(H,48,61)(H,49,63)(H,50,62)(H,51,66)(H,52,65)(H,58,59)/t21-,22-,23?,24?,25+,26+,27+,31+,32?,33?,42?/m1/s1. The molecule has 0 saturated carbocycles. The fourth-order valence-electron chi connectivity index (χ4n) is 7.02. The van der Waals surface area contributed by atoms with Gasteiger partial charge in [0.15, 0.2) is 12.1 Å². The summed E-state index contributed by atoms with van der Waals surface area (Å²) in [5, 5.41) is 66.7. The largest absolute Gasteiger partial charge is 0.481 e. The number of nitrogens with two attached hydrogens (primary N) is 3. The zero-order valence-corrected chi connectivity index (χ0v) is 39.5. The molecular weight excluding hydrogens is 917 g/mol. The van der Waals surface area contributed by atoms with E-state index in [-0.39, 0.29) is 6.42 Å². The third-order valence-electron chi connectivity index (χ3n) is 11.0. The molecule has 11 atom stereocenters. The van der Waals surface area contributed by atoms with Crippen LogP contribution >= 0.6 is 0 Å². The van der Waals surface area contributed by atoms with Gasteiger partial charge in [0.2, 0.25) is 53.2 Å². The van der Waals surface area contributed by atoms with Crippen molar-refractivity contribution in [2.75, 3.05) is 13.2 Å². The highest BCUT2D eigenvalue weighted by Crippen LogP contribution is 2.25. The van der Waals surface area contributed by atoms with E-state index in [1.54, 1.807) is 0 Å². The van der Waals surface area contributed by atoms with Crippen LogP contribution in [-0.2, 0) is 57.5 Å². The van der Waals surface area contributed by atoms with Crippen molar-refractivity contribution in [2.45, 2.75) is 184 Å². The number of nitrogens with one attached hydrogen (secondary N) is 7. The van der Waals surface area contributed by atoms with Crippen molar-refractivity contribution in [1.82, 2.24) is 37.2 Å².